The van der Waals surface area contributed by atoms with Crippen LogP contribution in [0.1, 0.15) is 26.2 Å². The number of ether oxygens (including phenoxy) is 1. The largest absolute Gasteiger partial charge is 0.381 e. The minimum absolute atomic E-state index is 0.485. The third-order valence-corrected chi connectivity index (χ3v) is 6.35. The van der Waals surface area contributed by atoms with Gasteiger partial charge in [0.15, 0.2) is 5.96 Å². The van der Waals surface area contributed by atoms with Crippen LogP contribution in [0.4, 0.5) is 0 Å². The Morgan fingerprint density at radius 1 is 1.17 bits per heavy atom. The Morgan fingerprint density at radius 2 is 1.96 bits per heavy atom. The Bertz CT molecular complexity index is 392. The Balaban J connectivity index is 1.52. The molecule has 1 spiro atoms. The molecule has 0 bridgehead atoms. The first-order valence-electron chi connectivity index (χ1n) is 9.22. The third-order valence-electron chi connectivity index (χ3n) is 5.41. The van der Waals surface area contributed by atoms with E-state index in [0.29, 0.717) is 5.41 Å². The van der Waals surface area contributed by atoms with Crippen molar-refractivity contribution < 1.29 is 4.74 Å². The predicted octanol–water partition coefficient (Wildman–Crippen LogP) is 1.50. The van der Waals surface area contributed by atoms with Gasteiger partial charge in [0.25, 0.3) is 0 Å². The van der Waals surface area contributed by atoms with Crippen molar-refractivity contribution in [3.63, 3.8) is 0 Å². The van der Waals surface area contributed by atoms with E-state index in [1.54, 1.807) is 0 Å². The summed E-state index contributed by atoms with van der Waals surface area (Å²) < 4.78 is 5.56. The highest BCUT2D eigenvalue weighted by Crippen LogP contribution is 2.39. The lowest BCUT2D eigenvalue weighted by Crippen LogP contribution is -2.43. The van der Waals surface area contributed by atoms with Crippen molar-refractivity contribution in [2.45, 2.75) is 26.2 Å². The quantitative estimate of drug-likeness (QED) is 0.620. The first-order chi connectivity index (χ1) is 11.3. The number of hydrogen-bond acceptors (Lipinski definition) is 4. The van der Waals surface area contributed by atoms with Crippen LogP contribution < -0.4 is 5.32 Å². The molecule has 1 N–H and O–H groups in total. The molecule has 0 aliphatic carbocycles. The average molecular weight is 341 g/mol. The van der Waals surface area contributed by atoms with Gasteiger partial charge in [0.2, 0.25) is 0 Å². The van der Waals surface area contributed by atoms with Gasteiger partial charge in [-0.1, -0.05) is 0 Å². The van der Waals surface area contributed by atoms with Gasteiger partial charge in [-0.05, 0) is 31.6 Å². The van der Waals surface area contributed by atoms with Crippen molar-refractivity contribution in [3.05, 3.63) is 0 Å². The molecular formula is C17H32N4OS. The van der Waals surface area contributed by atoms with E-state index >= 15 is 0 Å². The minimum Gasteiger partial charge on any atom is -0.381 e. The average Bonchev–Trinajstić information content (AvgIpc) is 2.99. The van der Waals surface area contributed by atoms with Gasteiger partial charge >= 0.3 is 0 Å². The zero-order valence-electron chi connectivity index (χ0n) is 14.6. The first kappa shape index (κ1) is 17.4. The smallest absolute Gasteiger partial charge is 0.193 e. The van der Waals surface area contributed by atoms with Gasteiger partial charge in [0.1, 0.15) is 0 Å². The monoisotopic (exact) mass is 340 g/mol. The molecule has 6 heteroatoms. The molecule has 23 heavy (non-hydrogen) atoms. The summed E-state index contributed by atoms with van der Waals surface area (Å²) in [5.74, 6) is 3.68. The van der Waals surface area contributed by atoms with Crippen molar-refractivity contribution in [2.75, 3.05) is 70.5 Å². The second-order valence-electron chi connectivity index (χ2n) is 6.97. The fourth-order valence-corrected chi connectivity index (χ4v) is 4.86. The van der Waals surface area contributed by atoms with Crippen LogP contribution in [-0.2, 0) is 4.74 Å². The second kappa shape index (κ2) is 8.58. The zero-order chi connectivity index (χ0) is 16.0. The number of likely N-dealkylation sites (tertiary alicyclic amines) is 1. The summed E-state index contributed by atoms with van der Waals surface area (Å²) in [7, 11) is 0. The minimum atomic E-state index is 0.485. The number of nitrogens with zero attached hydrogens (tertiary/aromatic N) is 3. The van der Waals surface area contributed by atoms with Crippen LogP contribution in [0.5, 0.6) is 0 Å². The van der Waals surface area contributed by atoms with E-state index in [9.17, 15) is 0 Å². The van der Waals surface area contributed by atoms with Gasteiger partial charge < -0.3 is 15.0 Å². The Hall–Kier alpha value is -0.460. The maximum atomic E-state index is 5.56. The van der Waals surface area contributed by atoms with Crippen LogP contribution in [0.2, 0.25) is 0 Å². The normalized spacial score (nSPS) is 26.0. The van der Waals surface area contributed by atoms with Gasteiger partial charge in [0.05, 0.1) is 6.54 Å². The van der Waals surface area contributed by atoms with Gasteiger partial charge in [-0.2, -0.15) is 11.8 Å². The molecule has 0 amide bonds. The van der Waals surface area contributed by atoms with Gasteiger partial charge in [-0.3, -0.25) is 9.89 Å². The highest BCUT2D eigenvalue weighted by atomic mass is 32.2. The molecule has 132 valence electrons. The topological polar surface area (TPSA) is 40.1 Å². The molecule has 0 saturated carbocycles. The molecular weight excluding hydrogens is 308 g/mol. The SMILES string of the molecule is CCNC(=NCCN1CCSCC1)N1CCC2(CCOCC2)C1. The summed E-state index contributed by atoms with van der Waals surface area (Å²) in [5.41, 5.74) is 0.485. The second-order valence-corrected chi connectivity index (χ2v) is 8.20. The van der Waals surface area contributed by atoms with E-state index in [4.69, 9.17) is 9.73 Å². The summed E-state index contributed by atoms with van der Waals surface area (Å²) in [6.07, 6.45) is 3.73. The Labute approximate surface area is 145 Å². The fourth-order valence-electron chi connectivity index (χ4n) is 3.88. The van der Waals surface area contributed by atoms with Gasteiger partial charge in [-0.15, -0.1) is 0 Å². The number of guanidine groups is 1. The molecule has 3 aliphatic heterocycles. The maximum Gasteiger partial charge on any atom is 0.193 e. The highest BCUT2D eigenvalue weighted by Gasteiger charge is 2.40. The molecule has 0 aromatic carbocycles. The lowest BCUT2D eigenvalue weighted by Gasteiger charge is -2.33. The summed E-state index contributed by atoms with van der Waals surface area (Å²) in [6, 6.07) is 0. The van der Waals surface area contributed by atoms with E-state index in [-0.39, 0.29) is 0 Å². The molecule has 3 rings (SSSR count). The van der Waals surface area contributed by atoms with Crippen molar-refractivity contribution in [1.29, 1.82) is 0 Å². The van der Waals surface area contributed by atoms with E-state index in [1.165, 1.54) is 43.9 Å². The molecule has 5 nitrogen and oxygen atoms in total. The molecule has 0 aromatic heterocycles. The summed E-state index contributed by atoms with van der Waals surface area (Å²) in [5, 5.41) is 3.51. The molecule has 3 fully saturated rings. The summed E-state index contributed by atoms with van der Waals surface area (Å²) in [4.78, 5) is 9.96. The van der Waals surface area contributed by atoms with Crippen molar-refractivity contribution in [2.24, 2.45) is 10.4 Å². The molecule has 0 aromatic rings. The molecule has 3 heterocycles. The van der Waals surface area contributed by atoms with E-state index in [0.717, 1.165) is 51.9 Å². The number of nitrogens with one attached hydrogen (secondary N) is 1. The van der Waals surface area contributed by atoms with Crippen LogP contribution in [0.25, 0.3) is 0 Å². The van der Waals surface area contributed by atoms with Gasteiger partial charge in [-0.25, -0.2) is 0 Å². The molecule has 0 atom stereocenters. The fraction of sp³-hybridized carbons (Fsp3) is 0.941. The van der Waals surface area contributed by atoms with E-state index in [2.05, 4.69) is 33.8 Å². The molecule has 3 saturated heterocycles. The number of rotatable bonds is 4. The summed E-state index contributed by atoms with van der Waals surface area (Å²) >= 11 is 2.07. The molecule has 0 unspecified atom stereocenters. The van der Waals surface area contributed by atoms with Crippen molar-refractivity contribution in [3.8, 4) is 0 Å². The number of hydrogen-bond donors (Lipinski definition) is 1. The van der Waals surface area contributed by atoms with E-state index < -0.39 is 0 Å². The third kappa shape index (κ3) is 4.77. The lowest BCUT2D eigenvalue weighted by atomic mass is 9.80. The molecule has 3 aliphatic rings. The zero-order valence-corrected chi connectivity index (χ0v) is 15.4. The van der Waals surface area contributed by atoms with Crippen LogP contribution >= 0.6 is 11.8 Å². The predicted molar refractivity (Wildman–Crippen MR) is 98.4 cm³/mol. The highest BCUT2D eigenvalue weighted by molar-refractivity contribution is 7.99. The number of thioether (sulfide) groups is 1. The van der Waals surface area contributed by atoms with Crippen molar-refractivity contribution in [1.82, 2.24) is 15.1 Å². The van der Waals surface area contributed by atoms with Crippen LogP contribution in [0, 0.1) is 5.41 Å². The van der Waals surface area contributed by atoms with Crippen LogP contribution in [-0.4, -0.2) is 86.3 Å². The summed E-state index contributed by atoms with van der Waals surface area (Å²) in [6.45, 7) is 11.8. The Kier molecular flexibility index (Phi) is 6.48. The lowest BCUT2D eigenvalue weighted by molar-refractivity contribution is 0.0217. The maximum absolute atomic E-state index is 5.56. The molecule has 0 radical (unpaired) electrons. The number of aliphatic imine (C=N–C) groups is 1. The Morgan fingerprint density at radius 3 is 2.70 bits per heavy atom. The van der Waals surface area contributed by atoms with E-state index in [1.807, 2.05) is 0 Å². The van der Waals surface area contributed by atoms with Crippen molar-refractivity contribution >= 4 is 17.7 Å². The standard InChI is InChI=1S/C17H32N4OS/c1-2-18-16(19-6-8-20-9-13-23-14-10-20)21-7-3-17(15-21)4-11-22-12-5-17/h2-15H2,1H3,(H,18,19). The first-order valence-corrected chi connectivity index (χ1v) is 10.4. The van der Waals surface area contributed by atoms with Crippen LogP contribution in [0.3, 0.4) is 0 Å². The van der Waals surface area contributed by atoms with Gasteiger partial charge in [0, 0.05) is 64.0 Å². The van der Waals surface area contributed by atoms with Crippen LogP contribution in [0.15, 0.2) is 4.99 Å².